The Balaban J connectivity index is 1.48. The zero-order valence-electron chi connectivity index (χ0n) is 16.2. The van der Waals surface area contributed by atoms with Gasteiger partial charge in [-0.15, -0.1) is 11.3 Å². The summed E-state index contributed by atoms with van der Waals surface area (Å²) in [7, 11) is 0. The molecule has 0 aliphatic carbocycles. The predicted molar refractivity (Wildman–Crippen MR) is 118 cm³/mol. The standard InChI is InChI=1S/C23H19N5OS/c29-22-13-25-12-18-11-17(20-15-30-23(27-20)19-3-1-2-8-26-19)4-5-21(18)28(22)14-16-6-9-24-10-7-16/h1-11,15,25H,12-14H2. The third-order valence-corrected chi connectivity index (χ3v) is 5.90. The van der Waals surface area contributed by atoms with E-state index in [4.69, 9.17) is 4.98 Å². The van der Waals surface area contributed by atoms with E-state index in [2.05, 4.69) is 26.7 Å². The molecule has 0 fully saturated rings. The Morgan fingerprint density at radius 3 is 2.73 bits per heavy atom. The van der Waals surface area contributed by atoms with Crippen molar-refractivity contribution in [3.63, 3.8) is 0 Å². The van der Waals surface area contributed by atoms with Gasteiger partial charge in [0.05, 0.1) is 24.5 Å². The largest absolute Gasteiger partial charge is 0.307 e. The lowest BCUT2D eigenvalue weighted by molar-refractivity contribution is -0.117. The zero-order chi connectivity index (χ0) is 20.3. The van der Waals surface area contributed by atoms with Gasteiger partial charge in [-0.05, 0) is 47.5 Å². The molecule has 7 heteroatoms. The van der Waals surface area contributed by atoms with E-state index in [1.54, 1.807) is 29.9 Å². The van der Waals surface area contributed by atoms with E-state index < -0.39 is 0 Å². The van der Waals surface area contributed by atoms with Crippen molar-refractivity contribution in [2.24, 2.45) is 0 Å². The number of carbonyl (C=O) groups excluding carboxylic acids is 1. The molecule has 5 rings (SSSR count). The van der Waals surface area contributed by atoms with Crippen molar-refractivity contribution in [1.29, 1.82) is 0 Å². The molecule has 1 aromatic carbocycles. The van der Waals surface area contributed by atoms with Gasteiger partial charge in [0.15, 0.2) is 0 Å². The maximum Gasteiger partial charge on any atom is 0.241 e. The summed E-state index contributed by atoms with van der Waals surface area (Å²) in [5.74, 6) is 0.0596. The summed E-state index contributed by atoms with van der Waals surface area (Å²) < 4.78 is 0. The number of aromatic nitrogens is 3. The van der Waals surface area contributed by atoms with Crippen molar-refractivity contribution in [2.45, 2.75) is 13.1 Å². The minimum absolute atomic E-state index is 0.0596. The van der Waals surface area contributed by atoms with Crippen LogP contribution in [0.5, 0.6) is 0 Å². The lowest BCUT2D eigenvalue weighted by Crippen LogP contribution is -2.35. The van der Waals surface area contributed by atoms with E-state index in [-0.39, 0.29) is 5.91 Å². The highest BCUT2D eigenvalue weighted by atomic mass is 32.1. The molecule has 0 unspecified atom stereocenters. The Bertz CT molecular complexity index is 1180. The number of rotatable bonds is 4. The van der Waals surface area contributed by atoms with E-state index in [9.17, 15) is 4.79 Å². The number of hydrogen-bond donors (Lipinski definition) is 1. The third-order valence-electron chi connectivity index (χ3n) is 5.04. The van der Waals surface area contributed by atoms with Crippen LogP contribution in [0, 0.1) is 0 Å². The van der Waals surface area contributed by atoms with E-state index in [0.717, 1.165) is 38.8 Å². The molecule has 148 valence electrons. The van der Waals surface area contributed by atoms with Gasteiger partial charge < -0.3 is 10.2 Å². The molecule has 1 amide bonds. The summed E-state index contributed by atoms with van der Waals surface area (Å²) in [5, 5.41) is 6.20. The smallest absolute Gasteiger partial charge is 0.241 e. The number of nitrogens with one attached hydrogen (secondary N) is 1. The second-order valence-corrected chi connectivity index (χ2v) is 7.89. The van der Waals surface area contributed by atoms with Crippen LogP contribution >= 0.6 is 11.3 Å². The molecule has 1 N–H and O–H groups in total. The number of nitrogens with zero attached hydrogens (tertiary/aromatic N) is 4. The van der Waals surface area contributed by atoms with Crippen molar-refractivity contribution in [1.82, 2.24) is 20.3 Å². The molecule has 1 aliphatic rings. The number of amides is 1. The predicted octanol–water partition coefficient (Wildman–Crippen LogP) is 3.90. The molecule has 0 radical (unpaired) electrons. The molecule has 4 heterocycles. The first-order chi connectivity index (χ1) is 14.8. The van der Waals surface area contributed by atoms with Crippen LogP contribution in [0.2, 0.25) is 0 Å². The van der Waals surface area contributed by atoms with E-state index >= 15 is 0 Å². The molecular weight excluding hydrogens is 394 g/mol. The van der Waals surface area contributed by atoms with Gasteiger partial charge in [-0.1, -0.05) is 12.1 Å². The van der Waals surface area contributed by atoms with Crippen LogP contribution in [0.25, 0.3) is 22.0 Å². The van der Waals surface area contributed by atoms with Gasteiger partial charge in [-0.2, -0.15) is 0 Å². The van der Waals surface area contributed by atoms with Crippen LogP contribution in [-0.2, 0) is 17.9 Å². The molecule has 30 heavy (non-hydrogen) atoms. The summed E-state index contributed by atoms with van der Waals surface area (Å²) in [6.07, 6.45) is 5.28. The van der Waals surface area contributed by atoms with Crippen molar-refractivity contribution in [3.05, 3.63) is 83.6 Å². The monoisotopic (exact) mass is 413 g/mol. The normalized spacial score (nSPS) is 13.7. The van der Waals surface area contributed by atoms with Crippen LogP contribution in [0.15, 0.2) is 72.5 Å². The third kappa shape index (κ3) is 3.72. The minimum atomic E-state index is 0.0596. The first kappa shape index (κ1) is 18.6. The van der Waals surface area contributed by atoms with Crippen LogP contribution in [0.3, 0.4) is 0 Å². The maximum atomic E-state index is 12.7. The quantitative estimate of drug-likeness (QED) is 0.549. The highest BCUT2D eigenvalue weighted by Gasteiger charge is 2.23. The average molecular weight is 414 g/mol. The Kier molecular flexibility index (Phi) is 5.04. The molecule has 6 nitrogen and oxygen atoms in total. The fourth-order valence-corrected chi connectivity index (χ4v) is 4.35. The van der Waals surface area contributed by atoms with Gasteiger partial charge in [0.25, 0.3) is 0 Å². The van der Waals surface area contributed by atoms with E-state index in [1.165, 1.54) is 0 Å². The number of hydrogen-bond acceptors (Lipinski definition) is 6. The molecule has 4 aromatic rings. The second-order valence-electron chi connectivity index (χ2n) is 7.04. The van der Waals surface area contributed by atoms with Gasteiger partial charge in [0.2, 0.25) is 5.91 Å². The SMILES string of the molecule is O=C1CNCc2cc(-c3csc(-c4ccccn4)n3)ccc2N1Cc1ccncc1. The highest BCUT2D eigenvalue weighted by Crippen LogP contribution is 2.32. The first-order valence-corrected chi connectivity index (χ1v) is 10.6. The van der Waals surface area contributed by atoms with E-state index in [0.29, 0.717) is 19.6 Å². The Hall–Kier alpha value is -3.42. The number of benzene rings is 1. The summed E-state index contributed by atoms with van der Waals surface area (Å²) in [6, 6.07) is 15.9. The highest BCUT2D eigenvalue weighted by molar-refractivity contribution is 7.13. The fourth-order valence-electron chi connectivity index (χ4n) is 3.54. The molecule has 0 saturated heterocycles. The fraction of sp³-hybridized carbons (Fsp3) is 0.130. The van der Waals surface area contributed by atoms with Crippen molar-refractivity contribution < 1.29 is 4.79 Å². The molecule has 0 bridgehead atoms. The second kappa shape index (κ2) is 8.14. The lowest BCUT2D eigenvalue weighted by Gasteiger charge is -2.23. The number of pyridine rings is 2. The van der Waals surface area contributed by atoms with E-state index in [1.807, 2.05) is 47.4 Å². The maximum absolute atomic E-state index is 12.7. The molecule has 0 atom stereocenters. The topological polar surface area (TPSA) is 71.0 Å². The summed E-state index contributed by atoms with van der Waals surface area (Å²) in [4.78, 5) is 27.8. The van der Waals surface area contributed by atoms with Crippen molar-refractivity contribution in [2.75, 3.05) is 11.4 Å². The number of thiazole rings is 1. The molecular formula is C23H19N5OS. The number of fused-ring (bicyclic) bond motifs is 1. The summed E-state index contributed by atoms with van der Waals surface area (Å²) in [5.41, 5.74) is 5.89. The number of anilines is 1. The van der Waals surface area contributed by atoms with Gasteiger partial charge in [-0.3, -0.25) is 14.8 Å². The Morgan fingerprint density at radius 2 is 1.90 bits per heavy atom. The average Bonchev–Trinajstić information content (AvgIpc) is 3.24. The Morgan fingerprint density at radius 1 is 1.00 bits per heavy atom. The van der Waals surface area contributed by atoms with Crippen LogP contribution in [0.4, 0.5) is 5.69 Å². The van der Waals surface area contributed by atoms with Gasteiger partial charge >= 0.3 is 0 Å². The zero-order valence-corrected chi connectivity index (χ0v) is 17.0. The van der Waals surface area contributed by atoms with Crippen LogP contribution in [-0.4, -0.2) is 27.4 Å². The molecule has 0 saturated carbocycles. The van der Waals surface area contributed by atoms with Crippen molar-refractivity contribution in [3.8, 4) is 22.0 Å². The van der Waals surface area contributed by atoms with Crippen LogP contribution in [0.1, 0.15) is 11.1 Å². The first-order valence-electron chi connectivity index (χ1n) is 9.68. The molecule has 1 aliphatic heterocycles. The van der Waals surface area contributed by atoms with Gasteiger partial charge in [0.1, 0.15) is 5.01 Å². The molecule has 3 aromatic heterocycles. The van der Waals surface area contributed by atoms with Gasteiger partial charge in [0, 0.05) is 41.8 Å². The minimum Gasteiger partial charge on any atom is -0.307 e. The van der Waals surface area contributed by atoms with Crippen molar-refractivity contribution >= 4 is 22.9 Å². The summed E-state index contributed by atoms with van der Waals surface area (Å²) >= 11 is 1.58. The summed E-state index contributed by atoms with van der Waals surface area (Å²) in [6.45, 7) is 1.48. The number of carbonyl (C=O) groups is 1. The van der Waals surface area contributed by atoms with Gasteiger partial charge in [-0.25, -0.2) is 4.98 Å². The lowest BCUT2D eigenvalue weighted by atomic mass is 10.1. The Labute approximate surface area is 178 Å². The molecule has 0 spiro atoms. The van der Waals surface area contributed by atoms with Crippen LogP contribution < -0.4 is 10.2 Å².